The van der Waals surface area contributed by atoms with Crippen LogP contribution in [-0.4, -0.2) is 47.3 Å². The third kappa shape index (κ3) is 3.62. The molecule has 0 amide bonds. The van der Waals surface area contributed by atoms with Crippen LogP contribution in [-0.2, 0) is 6.54 Å². The molecule has 0 aromatic carbocycles. The lowest BCUT2D eigenvalue weighted by atomic mass is 9.82. The van der Waals surface area contributed by atoms with Crippen molar-refractivity contribution in [1.82, 2.24) is 20.0 Å². The fourth-order valence-electron chi connectivity index (χ4n) is 3.97. The van der Waals surface area contributed by atoms with E-state index in [2.05, 4.69) is 27.2 Å². The largest absolute Gasteiger partial charge is 0.356 e. The highest BCUT2D eigenvalue weighted by Gasteiger charge is 2.35. The molecule has 0 radical (unpaired) electrons. The van der Waals surface area contributed by atoms with Crippen molar-refractivity contribution in [1.29, 1.82) is 0 Å². The quantitative estimate of drug-likeness (QED) is 0.685. The van der Waals surface area contributed by atoms with Crippen molar-refractivity contribution in [3.8, 4) is 0 Å². The molecule has 0 bridgehead atoms. The number of aromatic nitrogens is 2. The highest BCUT2D eigenvalue weighted by atomic mass is 15.3. The van der Waals surface area contributed by atoms with Crippen LogP contribution in [0.3, 0.4) is 0 Å². The summed E-state index contributed by atoms with van der Waals surface area (Å²) in [6.45, 7) is 6.53. The Kier molecular flexibility index (Phi) is 5.01. The number of fused-ring (bicyclic) bond motifs is 1. The van der Waals surface area contributed by atoms with Crippen LogP contribution in [0.15, 0.2) is 23.5 Å². The molecule has 1 saturated carbocycles. The van der Waals surface area contributed by atoms with E-state index in [9.17, 15) is 0 Å². The fraction of sp³-hybridized carbons (Fsp3) is 0.765. The summed E-state index contributed by atoms with van der Waals surface area (Å²) in [4.78, 5) is 6.98. The molecular weight excluding hydrogens is 274 g/mol. The smallest absolute Gasteiger partial charge is 0.193 e. The predicted molar refractivity (Wildman–Crippen MR) is 89.8 cm³/mol. The fourth-order valence-corrected chi connectivity index (χ4v) is 3.97. The lowest BCUT2D eigenvalue weighted by molar-refractivity contribution is 0.299. The molecule has 2 heterocycles. The molecule has 22 heavy (non-hydrogen) atoms. The van der Waals surface area contributed by atoms with E-state index in [0.717, 1.165) is 30.9 Å². The van der Waals surface area contributed by atoms with Crippen LogP contribution in [0.25, 0.3) is 0 Å². The zero-order valence-corrected chi connectivity index (χ0v) is 13.9. The number of hydrogen-bond donors (Lipinski definition) is 1. The summed E-state index contributed by atoms with van der Waals surface area (Å²) in [5.74, 6) is 3.41. The van der Waals surface area contributed by atoms with E-state index in [1.54, 1.807) is 0 Å². The van der Waals surface area contributed by atoms with Gasteiger partial charge in [0.1, 0.15) is 0 Å². The van der Waals surface area contributed by atoms with Gasteiger partial charge in [-0.1, -0.05) is 19.8 Å². The normalized spacial score (nSPS) is 26.8. The van der Waals surface area contributed by atoms with Crippen molar-refractivity contribution in [3.63, 3.8) is 0 Å². The van der Waals surface area contributed by atoms with Crippen LogP contribution in [0.5, 0.6) is 0 Å². The van der Waals surface area contributed by atoms with Gasteiger partial charge in [0.2, 0.25) is 0 Å². The second-order valence-corrected chi connectivity index (χ2v) is 6.97. The second kappa shape index (κ2) is 7.16. The number of nitrogens with one attached hydrogen (secondary N) is 1. The molecular formula is C17H29N5. The molecule has 122 valence electrons. The van der Waals surface area contributed by atoms with E-state index >= 15 is 0 Å². The van der Waals surface area contributed by atoms with Crippen molar-refractivity contribution < 1.29 is 0 Å². The first-order valence-corrected chi connectivity index (χ1v) is 8.69. The summed E-state index contributed by atoms with van der Waals surface area (Å²) in [5, 5.41) is 7.85. The van der Waals surface area contributed by atoms with Crippen molar-refractivity contribution >= 4 is 5.96 Å². The molecule has 1 aliphatic carbocycles. The SMILES string of the molecule is CN=C(NCC(C)Cn1cccn1)N1CC2CCCCC2C1. The third-order valence-corrected chi connectivity index (χ3v) is 5.15. The van der Waals surface area contributed by atoms with Gasteiger partial charge in [-0.05, 0) is 36.7 Å². The molecule has 1 aliphatic heterocycles. The number of nitrogens with zero attached hydrogens (tertiary/aromatic N) is 4. The van der Waals surface area contributed by atoms with Gasteiger partial charge < -0.3 is 10.2 Å². The molecule has 0 spiro atoms. The minimum absolute atomic E-state index is 0.529. The summed E-state index contributed by atoms with van der Waals surface area (Å²) in [5.41, 5.74) is 0. The van der Waals surface area contributed by atoms with Crippen LogP contribution < -0.4 is 5.32 Å². The van der Waals surface area contributed by atoms with Crippen LogP contribution in [0.4, 0.5) is 0 Å². The number of guanidine groups is 1. The molecule has 3 rings (SSSR count). The molecule has 1 aromatic rings. The van der Waals surface area contributed by atoms with E-state index in [-0.39, 0.29) is 0 Å². The summed E-state index contributed by atoms with van der Waals surface area (Å²) in [6, 6.07) is 1.98. The molecule has 5 heteroatoms. The Balaban J connectivity index is 1.48. The Morgan fingerprint density at radius 3 is 2.64 bits per heavy atom. The molecule has 1 saturated heterocycles. The van der Waals surface area contributed by atoms with Gasteiger partial charge in [-0.2, -0.15) is 5.10 Å². The topological polar surface area (TPSA) is 45.5 Å². The average molecular weight is 303 g/mol. The Hall–Kier alpha value is -1.52. The molecule has 5 nitrogen and oxygen atoms in total. The Bertz CT molecular complexity index is 467. The van der Waals surface area contributed by atoms with Gasteiger partial charge in [0.25, 0.3) is 0 Å². The van der Waals surface area contributed by atoms with E-state index in [1.807, 2.05) is 30.2 Å². The maximum Gasteiger partial charge on any atom is 0.193 e. The maximum atomic E-state index is 4.51. The monoisotopic (exact) mass is 303 g/mol. The predicted octanol–water partition coefficient (Wildman–Crippen LogP) is 2.22. The van der Waals surface area contributed by atoms with Crippen molar-refractivity contribution in [2.75, 3.05) is 26.7 Å². The minimum Gasteiger partial charge on any atom is -0.356 e. The van der Waals surface area contributed by atoms with Crippen molar-refractivity contribution in [2.45, 2.75) is 39.2 Å². The molecule has 1 N–H and O–H groups in total. The zero-order chi connectivity index (χ0) is 15.4. The molecule has 3 atom stereocenters. The number of hydrogen-bond acceptors (Lipinski definition) is 2. The van der Waals surface area contributed by atoms with Crippen molar-refractivity contribution in [2.24, 2.45) is 22.7 Å². The van der Waals surface area contributed by atoms with E-state index < -0.39 is 0 Å². The number of rotatable bonds is 4. The zero-order valence-electron chi connectivity index (χ0n) is 13.9. The van der Waals surface area contributed by atoms with Gasteiger partial charge in [-0.25, -0.2) is 0 Å². The lowest BCUT2D eigenvalue weighted by Crippen LogP contribution is -2.42. The summed E-state index contributed by atoms with van der Waals surface area (Å²) in [6.07, 6.45) is 9.52. The van der Waals surface area contributed by atoms with E-state index in [1.165, 1.54) is 38.8 Å². The van der Waals surface area contributed by atoms with Crippen LogP contribution in [0, 0.1) is 17.8 Å². The van der Waals surface area contributed by atoms with Gasteiger partial charge in [0, 0.05) is 45.6 Å². The molecule has 2 aliphatic rings. The molecule has 2 fully saturated rings. The summed E-state index contributed by atoms with van der Waals surface area (Å²) < 4.78 is 2.00. The van der Waals surface area contributed by atoms with E-state index in [0.29, 0.717) is 5.92 Å². The Labute approximate surface area is 133 Å². The highest BCUT2D eigenvalue weighted by Crippen LogP contribution is 2.35. The maximum absolute atomic E-state index is 4.51. The summed E-state index contributed by atoms with van der Waals surface area (Å²) in [7, 11) is 1.91. The summed E-state index contributed by atoms with van der Waals surface area (Å²) >= 11 is 0. The van der Waals surface area contributed by atoms with Crippen molar-refractivity contribution in [3.05, 3.63) is 18.5 Å². The minimum atomic E-state index is 0.529. The second-order valence-electron chi connectivity index (χ2n) is 6.97. The standard InChI is InChI=1S/C17H29N5/c1-14(11-22-9-5-8-20-22)10-19-17(18-2)21-12-15-6-3-4-7-16(15)13-21/h5,8-9,14-16H,3-4,6-7,10-13H2,1-2H3,(H,18,19). The van der Waals surface area contributed by atoms with Gasteiger partial charge in [-0.3, -0.25) is 9.67 Å². The van der Waals surface area contributed by atoms with Crippen LogP contribution >= 0.6 is 0 Å². The Morgan fingerprint density at radius 2 is 2.05 bits per heavy atom. The van der Waals surface area contributed by atoms with Gasteiger partial charge in [0.05, 0.1) is 0 Å². The van der Waals surface area contributed by atoms with E-state index in [4.69, 9.17) is 0 Å². The third-order valence-electron chi connectivity index (χ3n) is 5.15. The first-order valence-electron chi connectivity index (χ1n) is 8.69. The van der Waals surface area contributed by atoms with Gasteiger partial charge in [-0.15, -0.1) is 0 Å². The molecule has 1 aromatic heterocycles. The van der Waals surface area contributed by atoms with Gasteiger partial charge in [0.15, 0.2) is 5.96 Å². The van der Waals surface area contributed by atoms with Crippen LogP contribution in [0.2, 0.25) is 0 Å². The Morgan fingerprint density at radius 1 is 1.32 bits per heavy atom. The molecule has 3 unspecified atom stereocenters. The average Bonchev–Trinajstić information content (AvgIpc) is 3.16. The van der Waals surface area contributed by atoms with Crippen LogP contribution in [0.1, 0.15) is 32.6 Å². The highest BCUT2D eigenvalue weighted by molar-refractivity contribution is 5.80. The number of aliphatic imine (C=N–C) groups is 1. The number of likely N-dealkylation sites (tertiary alicyclic amines) is 1. The van der Waals surface area contributed by atoms with Gasteiger partial charge >= 0.3 is 0 Å². The lowest BCUT2D eigenvalue weighted by Gasteiger charge is -2.23. The first kappa shape index (κ1) is 15.4. The first-order chi connectivity index (χ1) is 10.8.